The molecule has 0 bridgehead atoms. The Bertz CT molecular complexity index is 421. The number of aryl methyl sites for hydroxylation is 1. The molecule has 0 fully saturated rings. The van der Waals surface area contributed by atoms with Crippen LogP contribution in [0.1, 0.15) is 25.8 Å². The topological polar surface area (TPSA) is 40.5 Å². The van der Waals surface area contributed by atoms with E-state index in [2.05, 4.69) is 43.0 Å². The number of hydrogen-bond donors (Lipinski definition) is 1. The molecule has 0 radical (unpaired) electrons. The highest BCUT2D eigenvalue weighted by molar-refractivity contribution is 5.86. The number of carbonyl (C=O) groups is 1. The number of aliphatic carboxylic acids is 1. The molecule has 18 heavy (non-hydrogen) atoms. The second kappa shape index (κ2) is 6.84. The van der Waals surface area contributed by atoms with E-state index >= 15 is 0 Å². The van der Waals surface area contributed by atoms with Crippen LogP contribution >= 0.6 is 0 Å². The van der Waals surface area contributed by atoms with Crippen molar-refractivity contribution in [2.24, 2.45) is 0 Å². The predicted octanol–water partition coefficient (Wildman–Crippen LogP) is 3.24. The predicted molar refractivity (Wildman–Crippen MR) is 75.1 cm³/mol. The minimum Gasteiger partial charge on any atom is -0.478 e. The van der Waals surface area contributed by atoms with E-state index in [-0.39, 0.29) is 0 Å². The molecule has 0 amide bonds. The molecular formula is C15H21NO2. The lowest BCUT2D eigenvalue weighted by atomic mass is 10.2. The van der Waals surface area contributed by atoms with Crippen molar-refractivity contribution in [2.75, 3.05) is 18.0 Å². The largest absolute Gasteiger partial charge is 0.478 e. The van der Waals surface area contributed by atoms with Crippen LogP contribution in [0.25, 0.3) is 0 Å². The average molecular weight is 247 g/mol. The summed E-state index contributed by atoms with van der Waals surface area (Å²) in [6.07, 6.45) is 2.35. The lowest BCUT2D eigenvalue weighted by Gasteiger charge is -2.21. The van der Waals surface area contributed by atoms with Gasteiger partial charge in [-0.05, 0) is 32.4 Å². The number of anilines is 1. The number of hydrogen-bond acceptors (Lipinski definition) is 2. The molecule has 1 N–H and O–H groups in total. The minimum absolute atomic E-state index is 0.473. The van der Waals surface area contributed by atoms with Gasteiger partial charge in [0.05, 0.1) is 0 Å². The van der Waals surface area contributed by atoms with Crippen molar-refractivity contribution in [1.29, 1.82) is 0 Å². The highest BCUT2D eigenvalue weighted by Gasteiger charge is 2.06. The van der Waals surface area contributed by atoms with Crippen LogP contribution in [0.5, 0.6) is 0 Å². The van der Waals surface area contributed by atoms with Gasteiger partial charge in [-0.15, -0.1) is 0 Å². The lowest BCUT2D eigenvalue weighted by Crippen LogP contribution is -2.23. The number of carboxylic acids is 1. The van der Waals surface area contributed by atoms with Crippen LogP contribution in [0.2, 0.25) is 0 Å². The molecule has 3 nitrogen and oxygen atoms in total. The summed E-state index contributed by atoms with van der Waals surface area (Å²) >= 11 is 0. The van der Waals surface area contributed by atoms with Gasteiger partial charge in [0.15, 0.2) is 0 Å². The lowest BCUT2D eigenvalue weighted by molar-refractivity contribution is -0.132. The minimum atomic E-state index is -0.822. The van der Waals surface area contributed by atoms with Crippen molar-refractivity contribution in [1.82, 2.24) is 0 Å². The third-order valence-electron chi connectivity index (χ3n) is 2.99. The molecule has 0 saturated carbocycles. The van der Waals surface area contributed by atoms with Crippen molar-refractivity contribution in [3.8, 4) is 0 Å². The van der Waals surface area contributed by atoms with Crippen LogP contribution in [0.4, 0.5) is 5.69 Å². The summed E-state index contributed by atoms with van der Waals surface area (Å²) < 4.78 is 0. The van der Waals surface area contributed by atoms with Crippen LogP contribution in [-0.4, -0.2) is 24.2 Å². The van der Waals surface area contributed by atoms with Crippen molar-refractivity contribution in [3.05, 3.63) is 41.5 Å². The Morgan fingerprint density at radius 2 is 1.89 bits per heavy atom. The third kappa shape index (κ3) is 3.91. The summed E-state index contributed by atoms with van der Waals surface area (Å²) in [7, 11) is 0. The molecule has 0 spiro atoms. The van der Waals surface area contributed by atoms with Gasteiger partial charge in [0.25, 0.3) is 0 Å². The normalized spacial score (nSPS) is 11.4. The second-order valence-corrected chi connectivity index (χ2v) is 4.26. The van der Waals surface area contributed by atoms with Gasteiger partial charge in [0.2, 0.25) is 0 Å². The zero-order chi connectivity index (χ0) is 13.5. The molecule has 0 aliphatic rings. The highest BCUT2D eigenvalue weighted by Crippen LogP contribution is 2.15. The van der Waals surface area contributed by atoms with Gasteiger partial charge < -0.3 is 10.0 Å². The van der Waals surface area contributed by atoms with E-state index < -0.39 is 5.97 Å². The van der Waals surface area contributed by atoms with Crippen molar-refractivity contribution >= 4 is 11.7 Å². The molecule has 1 aromatic rings. The van der Waals surface area contributed by atoms with Crippen molar-refractivity contribution < 1.29 is 9.90 Å². The monoisotopic (exact) mass is 247 g/mol. The standard InChI is InChI=1S/C15H21NO2/c1-4-13(15(17)18)10-11-16(5-2)14-8-6-12(3)7-9-14/h6-10H,4-5,11H2,1-3H3,(H,17,18). The first-order valence-electron chi connectivity index (χ1n) is 6.32. The summed E-state index contributed by atoms with van der Waals surface area (Å²) in [6, 6.07) is 8.28. The molecule has 0 aliphatic heterocycles. The summed E-state index contributed by atoms with van der Waals surface area (Å²) in [4.78, 5) is 13.1. The molecule has 1 rings (SSSR count). The first kappa shape index (κ1) is 14.3. The van der Waals surface area contributed by atoms with Crippen LogP contribution in [-0.2, 0) is 4.79 Å². The molecule has 0 saturated heterocycles. The highest BCUT2D eigenvalue weighted by atomic mass is 16.4. The summed E-state index contributed by atoms with van der Waals surface area (Å²) in [6.45, 7) is 7.48. The zero-order valence-corrected chi connectivity index (χ0v) is 11.3. The Morgan fingerprint density at radius 1 is 1.28 bits per heavy atom. The number of likely N-dealkylation sites (N-methyl/N-ethyl adjacent to an activating group) is 1. The molecule has 3 heteroatoms. The summed E-state index contributed by atoms with van der Waals surface area (Å²) in [5, 5.41) is 8.98. The zero-order valence-electron chi connectivity index (χ0n) is 11.3. The van der Waals surface area contributed by atoms with Gasteiger partial charge in [-0.2, -0.15) is 0 Å². The molecule has 1 aromatic carbocycles. The smallest absolute Gasteiger partial charge is 0.331 e. The molecule has 0 aliphatic carbocycles. The van der Waals surface area contributed by atoms with Crippen LogP contribution < -0.4 is 4.90 Å². The first-order chi connectivity index (χ1) is 8.58. The van der Waals surface area contributed by atoms with Crippen molar-refractivity contribution in [3.63, 3.8) is 0 Å². The maximum atomic E-state index is 10.9. The van der Waals surface area contributed by atoms with Gasteiger partial charge in [-0.25, -0.2) is 4.79 Å². The van der Waals surface area contributed by atoms with Gasteiger partial charge in [0.1, 0.15) is 0 Å². The molecule has 0 heterocycles. The Morgan fingerprint density at radius 3 is 2.33 bits per heavy atom. The fraction of sp³-hybridized carbons (Fsp3) is 0.400. The van der Waals surface area contributed by atoms with Crippen LogP contribution in [0.3, 0.4) is 0 Å². The van der Waals surface area contributed by atoms with E-state index in [0.717, 1.165) is 12.2 Å². The summed E-state index contributed by atoms with van der Waals surface area (Å²) in [5.41, 5.74) is 2.82. The van der Waals surface area contributed by atoms with E-state index in [0.29, 0.717) is 18.5 Å². The molecule has 0 unspecified atom stereocenters. The number of rotatable bonds is 6. The fourth-order valence-electron chi connectivity index (χ4n) is 1.78. The van der Waals surface area contributed by atoms with E-state index in [9.17, 15) is 4.79 Å². The van der Waals surface area contributed by atoms with E-state index in [1.54, 1.807) is 6.08 Å². The Labute approximate surface area is 109 Å². The van der Waals surface area contributed by atoms with Gasteiger partial charge >= 0.3 is 5.97 Å². The molecule has 98 valence electrons. The number of carboxylic acid groups (broad SMARTS) is 1. The molecular weight excluding hydrogens is 226 g/mol. The van der Waals surface area contributed by atoms with Gasteiger partial charge in [-0.3, -0.25) is 0 Å². The van der Waals surface area contributed by atoms with E-state index in [1.807, 2.05) is 6.92 Å². The molecule has 0 aromatic heterocycles. The Balaban J connectivity index is 2.79. The third-order valence-corrected chi connectivity index (χ3v) is 2.99. The van der Waals surface area contributed by atoms with Crippen molar-refractivity contribution in [2.45, 2.75) is 27.2 Å². The number of benzene rings is 1. The SMILES string of the molecule is CCC(=CCN(CC)c1ccc(C)cc1)C(=O)O. The van der Waals surface area contributed by atoms with Gasteiger partial charge in [-0.1, -0.05) is 30.7 Å². The fourth-order valence-corrected chi connectivity index (χ4v) is 1.78. The maximum absolute atomic E-state index is 10.9. The van der Waals surface area contributed by atoms with E-state index in [4.69, 9.17) is 5.11 Å². The van der Waals surface area contributed by atoms with Gasteiger partial charge in [0, 0.05) is 24.4 Å². The first-order valence-corrected chi connectivity index (χ1v) is 6.32. The quantitative estimate of drug-likeness (QED) is 0.784. The summed E-state index contributed by atoms with van der Waals surface area (Å²) in [5.74, 6) is -0.822. The maximum Gasteiger partial charge on any atom is 0.331 e. The second-order valence-electron chi connectivity index (χ2n) is 4.26. The van der Waals surface area contributed by atoms with Crippen LogP contribution in [0.15, 0.2) is 35.9 Å². The van der Waals surface area contributed by atoms with E-state index in [1.165, 1.54) is 5.56 Å². The Hall–Kier alpha value is -1.77. The Kier molecular flexibility index (Phi) is 5.43. The number of nitrogens with zero attached hydrogens (tertiary/aromatic N) is 1. The average Bonchev–Trinajstić information content (AvgIpc) is 2.36. The molecule has 0 atom stereocenters. The van der Waals surface area contributed by atoms with Crippen LogP contribution in [0, 0.1) is 6.92 Å².